The van der Waals surface area contributed by atoms with Crippen LogP contribution in [-0.2, 0) is 22.6 Å². The smallest absolute Gasteiger partial charge is 0.330 e. The lowest BCUT2D eigenvalue weighted by atomic mass is 10.1. The molecule has 0 radical (unpaired) electrons. The van der Waals surface area contributed by atoms with Crippen LogP contribution >= 0.6 is 0 Å². The fraction of sp³-hybridized carbons (Fsp3) is 0.375. The molecule has 2 aromatic rings. The number of ether oxygens (including phenoxy) is 1. The molecule has 1 saturated heterocycles. The molecule has 0 aliphatic carbocycles. The number of anilines is 1. The monoisotopic (exact) mass is 438 g/mol. The maximum atomic E-state index is 11.5. The van der Waals surface area contributed by atoms with Gasteiger partial charge in [0, 0.05) is 51.4 Å². The summed E-state index contributed by atoms with van der Waals surface area (Å²) in [5.74, 6) is -0.512. The Hall–Kier alpha value is -3.23. The SMILES string of the molecule is CCN1CCN(Cc2ccc(CNc3ccc(/C=C/C(=O)OC)cc3[N+](=O)[O-])cc2)CC1. The lowest BCUT2D eigenvalue weighted by molar-refractivity contribution is -0.384. The summed E-state index contributed by atoms with van der Waals surface area (Å²) in [4.78, 5) is 27.2. The van der Waals surface area contributed by atoms with Gasteiger partial charge in [0.1, 0.15) is 5.69 Å². The molecule has 0 bridgehead atoms. The van der Waals surface area contributed by atoms with Crippen LogP contribution in [-0.4, -0.2) is 60.5 Å². The minimum Gasteiger partial charge on any atom is -0.466 e. The number of esters is 1. The fourth-order valence-corrected chi connectivity index (χ4v) is 3.67. The van der Waals surface area contributed by atoms with Crippen molar-refractivity contribution >= 4 is 23.4 Å². The molecule has 0 saturated carbocycles. The third-order valence-corrected chi connectivity index (χ3v) is 5.66. The molecular formula is C24H30N4O4. The summed E-state index contributed by atoms with van der Waals surface area (Å²) in [5.41, 5.74) is 3.26. The first-order valence-electron chi connectivity index (χ1n) is 10.8. The van der Waals surface area contributed by atoms with E-state index >= 15 is 0 Å². The highest BCUT2D eigenvalue weighted by Crippen LogP contribution is 2.27. The van der Waals surface area contributed by atoms with Gasteiger partial charge in [0.2, 0.25) is 0 Å². The zero-order valence-corrected chi connectivity index (χ0v) is 18.6. The van der Waals surface area contributed by atoms with Crippen LogP contribution in [0.4, 0.5) is 11.4 Å². The van der Waals surface area contributed by atoms with Gasteiger partial charge in [-0.15, -0.1) is 0 Å². The Labute approximate surface area is 188 Å². The van der Waals surface area contributed by atoms with E-state index in [0.29, 0.717) is 17.8 Å². The summed E-state index contributed by atoms with van der Waals surface area (Å²) in [6.45, 7) is 9.15. The van der Waals surface area contributed by atoms with Crippen molar-refractivity contribution in [3.8, 4) is 0 Å². The molecule has 1 fully saturated rings. The van der Waals surface area contributed by atoms with Crippen LogP contribution in [0.15, 0.2) is 48.5 Å². The predicted octanol–water partition coefficient (Wildman–Crippen LogP) is 3.53. The predicted molar refractivity (Wildman–Crippen MR) is 125 cm³/mol. The van der Waals surface area contributed by atoms with Crippen LogP contribution in [0.2, 0.25) is 0 Å². The molecule has 0 aromatic heterocycles. The maximum absolute atomic E-state index is 11.5. The second-order valence-corrected chi connectivity index (χ2v) is 7.77. The number of benzene rings is 2. The van der Waals surface area contributed by atoms with Gasteiger partial charge in [-0.3, -0.25) is 15.0 Å². The van der Waals surface area contributed by atoms with Gasteiger partial charge in [0.25, 0.3) is 5.69 Å². The van der Waals surface area contributed by atoms with Crippen molar-refractivity contribution in [1.29, 1.82) is 0 Å². The lowest BCUT2D eigenvalue weighted by Crippen LogP contribution is -2.45. The minimum atomic E-state index is -0.512. The number of nitro benzene ring substituents is 1. The van der Waals surface area contributed by atoms with Gasteiger partial charge in [-0.25, -0.2) is 4.79 Å². The van der Waals surface area contributed by atoms with Gasteiger partial charge in [-0.05, 0) is 35.4 Å². The van der Waals surface area contributed by atoms with E-state index in [1.165, 1.54) is 30.9 Å². The average molecular weight is 439 g/mol. The number of piperazine rings is 1. The topological polar surface area (TPSA) is 88.0 Å². The molecule has 0 amide bonds. The Morgan fingerprint density at radius 3 is 2.38 bits per heavy atom. The van der Waals surface area contributed by atoms with Crippen molar-refractivity contribution in [2.45, 2.75) is 20.0 Å². The van der Waals surface area contributed by atoms with E-state index in [4.69, 9.17) is 0 Å². The number of carbonyl (C=O) groups excluding carboxylic acids is 1. The van der Waals surface area contributed by atoms with Crippen molar-refractivity contribution in [1.82, 2.24) is 9.80 Å². The number of carbonyl (C=O) groups is 1. The highest BCUT2D eigenvalue weighted by molar-refractivity contribution is 5.87. The number of rotatable bonds is 9. The van der Waals surface area contributed by atoms with E-state index in [2.05, 4.69) is 51.0 Å². The molecule has 0 spiro atoms. The van der Waals surface area contributed by atoms with Gasteiger partial charge in [0.15, 0.2) is 0 Å². The molecule has 1 aliphatic heterocycles. The van der Waals surface area contributed by atoms with Gasteiger partial charge >= 0.3 is 5.97 Å². The highest BCUT2D eigenvalue weighted by atomic mass is 16.6. The van der Waals surface area contributed by atoms with Gasteiger partial charge in [-0.2, -0.15) is 0 Å². The Balaban J connectivity index is 1.58. The Morgan fingerprint density at radius 1 is 1.09 bits per heavy atom. The molecule has 1 N–H and O–H groups in total. The molecule has 8 nitrogen and oxygen atoms in total. The van der Waals surface area contributed by atoms with Crippen molar-refractivity contribution < 1.29 is 14.5 Å². The zero-order chi connectivity index (χ0) is 22.9. The van der Waals surface area contributed by atoms with E-state index in [-0.39, 0.29) is 5.69 Å². The number of nitro groups is 1. The first kappa shape index (κ1) is 23.4. The standard InChI is InChI=1S/C24H30N4O4/c1-3-26-12-14-27(15-13-26)18-21-6-4-20(5-7-21)17-25-22-10-8-19(9-11-24(29)32-2)16-23(22)28(30)31/h4-11,16,25H,3,12-15,17-18H2,1-2H3/b11-9+. The van der Waals surface area contributed by atoms with Gasteiger partial charge in [-0.1, -0.05) is 37.3 Å². The molecular weight excluding hydrogens is 408 g/mol. The van der Waals surface area contributed by atoms with Crippen LogP contribution < -0.4 is 5.32 Å². The first-order valence-corrected chi connectivity index (χ1v) is 10.8. The van der Waals surface area contributed by atoms with Crippen LogP contribution in [0, 0.1) is 10.1 Å². The maximum Gasteiger partial charge on any atom is 0.330 e. The van der Waals surface area contributed by atoms with Crippen molar-refractivity contribution in [3.63, 3.8) is 0 Å². The summed E-state index contributed by atoms with van der Waals surface area (Å²) < 4.78 is 4.54. The molecule has 32 heavy (non-hydrogen) atoms. The van der Waals surface area contributed by atoms with Gasteiger partial charge < -0.3 is 15.0 Å². The Bertz CT molecular complexity index is 951. The molecule has 8 heteroatoms. The number of likely N-dealkylation sites (N-methyl/N-ethyl adjacent to an activating group) is 1. The van der Waals surface area contributed by atoms with Crippen molar-refractivity contribution in [3.05, 3.63) is 75.3 Å². The first-order chi connectivity index (χ1) is 15.5. The second-order valence-electron chi connectivity index (χ2n) is 7.77. The van der Waals surface area contributed by atoms with E-state index in [0.717, 1.165) is 44.8 Å². The van der Waals surface area contributed by atoms with Crippen LogP contribution in [0.5, 0.6) is 0 Å². The van der Waals surface area contributed by atoms with Crippen LogP contribution in [0.25, 0.3) is 6.08 Å². The largest absolute Gasteiger partial charge is 0.466 e. The molecule has 1 aliphatic rings. The number of methoxy groups -OCH3 is 1. The normalized spacial score (nSPS) is 15.1. The Kier molecular flexibility index (Phi) is 8.35. The summed E-state index contributed by atoms with van der Waals surface area (Å²) >= 11 is 0. The second kappa shape index (κ2) is 11.4. The van der Waals surface area contributed by atoms with E-state index < -0.39 is 10.9 Å². The number of nitrogens with one attached hydrogen (secondary N) is 1. The van der Waals surface area contributed by atoms with E-state index in [1.807, 2.05) is 0 Å². The molecule has 0 atom stereocenters. The van der Waals surface area contributed by atoms with E-state index in [9.17, 15) is 14.9 Å². The van der Waals surface area contributed by atoms with E-state index in [1.54, 1.807) is 12.1 Å². The zero-order valence-electron chi connectivity index (χ0n) is 18.6. The molecule has 0 unspecified atom stereocenters. The molecule has 2 aromatic carbocycles. The number of hydrogen-bond donors (Lipinski definition) is 1. The summed E-state index contributed by atoms with van der Waals surface area (Å²) in [7, 11) is 1.28. The minimum absolute atomic E-state index is 0.0418. The summed E-state index contributed by atoms with van der Waals surface area (Å²) in [6.07, 6.45) is 2.72. The average Bonchev–Trinajstić information content (AvgIpc) is 2.82. The van der Waals surface area contributed by atoms with Crippen molar-refractivity contribution in [2.75, 3.05) is 45.2 Å². The molecule has 3 rings (SSSR count). The summed E-state index contributed by atoms with van der Waals surface area (Å²) in [6, 6.07) is 13.2. The Morgan fingerprint density at radius 2 is 1.75 bits per heavy atom. The quantitative estimate of drug-likeness (QED) is 0.277. The molecule has 170 valence electrons. The highest BCUT2D eigenvalue weighted by Gasteiger charge is 2.16. The lowest BCUT2D eigenvalue weighted by Gasteiger charge is -2.34. The van der Waals surface area contributed by atoms with Crippen LogP contribution in [0.1, 0.15) is 23.6 Å². The molecule has 1 heterocycles. The van der Waals surface area contributed by atoms with Crippen molar-refractivity contribution in [2.24, 2.45) is 0 Å². The summed E-state index contributed by atoms with van der Waals surface area (Å²) in [5, 5.41) is 14.6. The van der Waals surface area contributed by atoms with Crippen LogP contribution in [0.3, 0.4) is 0 Å². The number of nitrogens with zero attached hydrogens (tertiary/aromatic N) is 3. The number of hydrogen-bond acceptors (Lipinski definition) is 7. The fourth-order valence-electron chi connectivity index (χ4n) is 3.67. The third-order valence-electron chi connectivity index (χ3n) is 5.66. The third kappa shape index (κ3) is 6.63. The van der Waals surface area contributed by atoms with Gasteiger partial charge in [0.05, 0.1) is 12.0 Å².